The third-order valence-electron chi connectivity index (χ3n) is 5.63. The third kappa shape index (κ3) is 5.12. The Morgan fingerprint density at radius 1 is 1.08 bits per heavy atom. The van der Waals surface area contributed by atoms with Crippen molar-refractivity contribution < 1.29 is 13.9 Å². The van der Waals surface area contributed by atoms with Crippen molar-refractivity contribution in [2.75, 3.05) is 10.6 Å². The molecule has 0 saturated heterocycles. The molecule has 0 spiro atoms. The molecular formula is C27H24ClFN6O2. The summed E-state index contributed by atoms with van der Waals surface area (Å²) in [6, 6.07) is 16.5. The molecule has 1 aromatic heterocycles. The highest BCUT2D eigenvalue weighted by atomic mass is 35.5. The first-order valence-corrected chi connectivity index (χ1v) is 11.9. The summed E-state index contributed by atoms with van der Waals surface area (Å²) in [6.45, 7) is 6.11. The summed E-state index contributed by atoms with van der Waals surface area (Å²) in [6.07, 6.45) is 3.17. The number of aromatic nitrogens is 4. The van der Waals surface area contributed by atoms with E-state index in [9.17, 15) is 9.18 Å². The number of para-hydroxylation sites is 1. The Bertz CT molecular complexity index is 1540. The van der Waals surface area contributed by atoms with Gasteiger partial charge in [-0.05, 0) is 30.3 Å². The van der Waals surface area contributed by atoms with Gasteiger partial charge in [0.1, 0.15) is 28.2 Å². The highest BCUT2D eigenvalue weighted by Crippen LogP contribution is 2.39. The van der Waals surface area contributed by atoms with E-state index in [0.717, 1.165) is 11.4 Å². The van der Waals surface area contributed by atoms with Gasteiger partial charge in [0.2, 0.25) is 0 Å². The molecule has 3 heterocycles. The lowest BCUT2D eigenvalue weighted by Gasteiger charge is -2.14. The minimum atomic E-state index is -0.671. The number of ether oxygens (including phenoxy) is 1. The van der Waals surface area contributed by atoms with Crippen molar-refractivity contribution in [1.82, 2.24) is 19.7 Å². The molecule has 0 unspecified atom stereocenters. The number of pyridine rings is 1. The number of urea groups is 1. The van der Waals surface area contributed by atoms with Gasteiger partial charge in [0.15, 0.2) is 5.75 Å². The van der Waals surface area contributed by atoms with Crippen molar-refractivity contribution in [2.45, 2.75) is 26.2 Å². The number of carbonyl (C=O) groups is 1. The standard InChI is InChI=1S/C27H24ClFN6O2/c1-27(2,3)22-14-23(35(34-22)16-7-5-4-6-8-16)33-26(36)32-21-10-9-17(13-20(21)29)37-24-18-11-12-30-25(18)31-15-19(24)28/h4-15H,1-3H3,(H,30,31)(H2,32,33,36). The van der Waals surface area contributed by atoms with Gasteiger partial charge < -0.3 is 15.0 Å². The van der Waals surface area contributed by atoms with Crippen LogP contribution in [0.3, 0.4) is 0 Å². The van der Waals surface area contributed by atoms with E-state index in [1.54, 1.807) is 35.3 Å². The van der Waals surface area contributed by atoms with Crippen LogP contribution in [0.4, 0.5) is 20.7 Å². The smallest absolute Gasteiger partial charge is 0.324 e. The summed E-state index contributed by atoms with van der Waals surface area (Å²) in [5, 5.41) is 10.3. The van der Waals surface area contributed by atoms with E-state index in [2.05, 4.69) is 25.7 Å². The highest BCUT2D eigenvalue weighted by molar-refractivity contribution is 6.32. The van der Waals surface area contributed by atoms with Gasteiger partial charge >= 0.3 is 6.03 Å². The number of nitrogens with one attached hydrogen (secondary N) is 3. The number of nitrogens with zero attached hydrogens (tertiary/aromatic N) is 3. The van der Waals surface area contributed by atoms with Crippen LogP contribution >= 0.6 is 11.6 Å². The molecule has 2 aliphatic heterocycles. The Morgan fingerprint density at radius 2 is 1.86 bits per heavy atom. The first kappa shape index (κ1) is 24.3. The van der Waals surface area contributed by atoms with Crippen LogP contribution in [0.25, 0.3) is 17.1 Å². The fourth-order valence-electron chi connectivity index (χ4n) is 3.71. The van der Waals surface area contributed by atoms with Gasteiger partial charge in [-0.3, -0.25) is 5.32 Å². The second kappa shape index (κ2) is 9.59. The van der Waals surface area contributed by atoms with Crippen molar-refractivity contribution in [1.29, 1.82) is 0 Å². The van der Waals surface area contributed by atoms with Crippen LogP contribution in [-0.4, -0.2) is 25.8 Å². The number of hydrogen-bond acceptors (Lipinski definition) is 4. The topological polar surface area (TPSA) is 96.9 Å². The van der Waals surface area contributed by atoms with E-state index >= 15 is 0 Å². The predicted octanol–water partition coefficient (Wildman–Crippen LogP) is 7.23. The second-order valence-corrected chi connectivity index (χ2v) is 9.82. The Labute approximate surface area is 217 Å². The number of benzene rings is 2. The quantitative estimate of drug-likeness (QED) is 0.229. The maximum absolute atomic E-state index is 14.9. The van der Waals surface area contributed by atoms with Crippen LogP contribution in [-0.2, 0) is 5.41 Å². The normalized spacial score (nSPS) is 11.5. The minimum absolute atomic E-state index is 0.0145. The third-order valence-corrected chi connectivity index (χ3v) is 5.91. The molecule has 3 aromatic rings. The summed E-state index contributed by atoms with van der Waals surface area (Å²) < 4.78 is 22.4. The Kier molecular flexibility index (Phi) is 6.31. The molecule has 0 saturated carbocycles. The van der Waals surface area contributed by atoms with E-state index in [1.165, 1.54) is 12.1 Å². The van der Waals surface area contributed by atoms with Gasteiger partial charge in [0.05, 0.1) is 22.6 Å². The number of amides is 2. The molecule has 2 aromatic carbocycles. The minimum Gasteiger partial charge on any atom is -0.455 e. The van der Waals surface area contributed by atoms with Crippen LogP contribution in [0, 0.1) is 5.82 Å². The number of halogens is 2. The number of H-pyrrole nitrogens is 1. The van der Waals surface area contributed by atoms with E-state index in [1.807, 2.05) is 51.1 Å². The van der Waals surface area contributed by atoms with Gasteiger partial charge in [-0.25, -0.2) is 18.9 Å². The molecular weight excluding hydrogens is 495 g/mol. The predicted molar refractivity (Wildman–Crippen MR) is 142 cm³/mol. The molecule has 2 aliphatic rings. The lowest BCUT2D eigenvalue weighted by molar-refractivity contribution is 0.262. The van der Waals surface area contributed by atoms with Crippen LogP contribution in [0.15, 0.2) is 73.1 Å². The number of carbonyl (C=O) groups excluding carboxylic acids is 1. The fourth-order valence-corrected chi connectivity index (χ4v) is 3.91. The molecule has 0 fully saturated rings. The SMILES string of the molecule is CC(C)(C)c1cc(NC(=O)Nc2ccc(Oc3c(Cl)c[nH]c4nccc3-4)cc2F)n(-c2ccccc2)n1. The van der Waals surface area contributed by atoms with Crippen LogP contribution < -0.4 is 15.4 Å². The van der Waals surface area contributed by atoms with E-state index in [-0.39, 0.29) is 16.9 Å². The summed E-state index contributed by atoms with van der Waals surface area (Å²) in [4.78, 5) is 20.0. The lowest BCUT2D eigenvalue weighted by Crippen LogP contribution is -2.21. The molecule has 0 aliphatic carbocycles. The van der Waals surface area contributed by atoms with E-state index < -0.39 is 11.8 Å². The summed E-state index contributed by atoms with van der Waals surface area (Å²) >= 11 is 6.26. The molecule has 3 N–H and O–H groups in total. The molecule has 37 heavy (non-hydrogen) atoms. The summed E-state index contributed by atoms with van der Waals surface area (Å²) in [7, 11) is 0. The molecule has 0 atom stereocenters. The molecule has 0 bridgehead atoms. The number of aromatic amines is 1. The van der Waals surface area contributed by atoms with Gasteiger partial charge in [0.25, 0.3) is 0 Å². The second-order valence-electron chi connectivity index (χ2n) is 9.41. The van der Waals surface area contributed by atoms with Gasteiger partial charge in [-0.2, -0.15) is 5.10 Å². The van der Waals surface area contributed by atoms with Gasteiger partial charge in [-0.15, -0.1) is 0 Å². The highest BCUT2D eigenvalue weighted by Gasteiger charge is 2.22. The van der Waals surface area contributed by atoms with Gasteiger partial charge in [-0.1, -0.05) is 50.6 Å². The van der Waals surface area contributed by atoms with E-state index in [4.69, 9.17) is 16.3 Å². The molecule has 0 radical (unpaired) electrons. The molecule has 2 amide bonds. The summed E-state index contributed by atoms with van der Waals surface area (Å²) in [5.74, 6) is 0.955. The monoisotopic (exact) mass is 518 g/mol. The fraction of sp³-hybridized carbons (Fsp3) is 0.148. The zero-order chi connectivity index (χ0) is 26.2. The van der Waals surface area contributed by atoms with Crippen molar-refractivity contribution in [2.24, 2.45) is 0 Å². The van der Waals surface area contributed by atoms with Crippen molar-refractivity contribution >= 4 is 29.1 Å². The van der Waals surface area contributed by atoms with Crippen LogP contribution in [0.1, 0.15) is 26.5 Å². The lowest BCUT2D eigenvalue weighted by atomic mass is 9.92. The number of fused-ring (bicyclic) bond motifs is 1. The number of rotatable bonds is 5. The maximum atomic E-state index is 14.9. The summed E-state index contributed by atoms with van der Waals surface area (Å²) in [5.41, 5.74) is 2.00. The molecule has 188 valence electrons. The van der Waals surface area contributed by atoms with Crippen LogP contribution in [0.5, 0.6) is 11.5 Å². The average molecular weight is 519 g/mol. The van der Waals surface area contributed by atoms with E-state index in [0.29, 0.717) is 28.0 Å². The Balaban J connectivity index is 1.34. The molecule has 10 heteroatoms. The molecule has 5 rings (SSSR count). The first-order chi connectivity index (χ1) is 17.7. The van der Waals surface area contributed by atoms with Gasteiger partial charge in [0, 0.05) is 29.9 Å². The average Bonchev–Trinajstić information content (AvgIpc) is 3.50. The first-order valence-electron chi connectivity index (χ1n) is 11.5. The number of hydrogen-bond donors (Lipinski definition) is 3. The van der Waals surface area contributed by atoms with Crippen molar-refractivity contribution in [3.8, 4) is 28.6 Å². The number of anilines is 2. The largest absolute Gasteiger partial charge is 0.455 e. The van der Waals surface area contributed by atoms with Crippen molar-refractivity contribution in [3.63, 3.8) is 0 Å². The molecule has 8 nitrogen and oxygen atoms in total. The van der Waals surface area contributed by atoms with Crippen LogP contribution in [0.2, 0.25) is 5.02 Å². The van der Waals surface area contributed by atoms with Crippen molar-refractivity contribution in [3.05, 3.63) is 89.6 Å². The Morgan fingerprint density at radius 3 is 2.59 bits per heavy atom. The Hall–Kier alpha value is -4.37. The maximum Gasteiger partial charge on any atom is 0.324 e. The zero-order valence-electron chi connectivity index (χ0n) is 20.3. The zero-order valence-corrected chi connectivity index (χ0v) is 21.1.